The average Bonchev–Trinajstić information content (AvgIpc) is 2.91. The van der Waals surface area contributed by atoms with E-state index < -0.39 is 0 Å². The van der Waals surface area contributed by atoms with Gasteiger partial charge in [-0.1, -0.05) is 11.6 Å². The Morgan fingerprint density at radius 3 is 2.92 bits per heavy atom. The van der Waals surface area contributed by atoms with Gasteiger partial charge in [-0.25, -0.2) is 4.98 Å². The molecule has 25 heavy (non-hydrogen) atoms. The smallest absolute Gasteiger partial charge is 0.158 e. The molecule has 4 heterocycles. The van der Waals surface area contributed by atoms with Crippen LogP contribution in [0, 0.1) is 6.92 Å². The number of hydrogen-bond donors (Lipinski definition) is 0. The molecule has 1 aliphatic rings. The van der Waals surface area contributed by atoms with E-state index >= 15 is 0 Å². The van der Waals surface area contributed by atoms with Gasteiger partial charge in [0.25, 0.3) is 0 Å². The number of aromatic nitrogens is 4. The summed E-state index contributed by atoms with van der Waals surface area (Å²) < 4.78 is 1.88. The maximum atomic E-state index is 5.93. The van der Waals surface area contributed by atoms with Gasteiger partial charge in [-0.05, 0) is 50.6 Å². The Morgan fingerprint density at radius 2 is 2.12 bits per heavy atom. The molecule has 1 aliphatic heterocycles. The predicted molar refractivity (Wildman–Crippen MR) is 99.7 cm³/mol. The van der Waals surface area contributed by atoms with E-state index in [4.69, 9.17) is 16.6 Å². The number of hydrogen-bond acceptors (Lipinski definition) is 4. The van der Waals surface area contributed by atoms with Crippen LogP contribution in [0.2, 0.25) is 5.02 Å². The van der Waals surface area contributed by atoms with Gasteiger partial charge in [-0.3, -0.25) is 14.6 Å². The molecular weight excluding hydrogens is 334 g/mol. The van der Waals surface area contributed by atoms with Crippen LogP contribution in [-0.4, -0.2) is 37.7 Å². The highest BCUT2D eigenvalue weighted by molar-refractivity contribution is 6.30. The van der Waals surface area contributed by atoms with Crippen LogP contribution < -0.4 is 0 Å². The molecule has 0 bridgehead atoms. The SMILES string of the molecule is Cc1nn(C)c2nc([C@H]3CCCN(Cc4ccc(Cl)cn4)C3)ccc12. The van der Waals surface area contributed by atoms with Crippen molar-refractivity contribution in [2.24, 2.45) is 7.05 Å². The van der Waals surface area contributed by atoms with Crippen molar-refractivity contribution in [3.05, 3.63) is 52.6 Å². The fraction of sp³-hybridized carbons (Fsp3) is 0.421. The number of fused-ring (bicyclic) bond motifs is 1. The third kappa shape index (κ3) is 3.39. The van der Waals surface area contributed by atoms with Gasteiger partial charge < -0.3 is 0 Å². The highest BCUT2D eigenvalue weighted by Crippen LogP contribution is 2.28. The van der Waals surface area contributed by atoms with Crippen molar-refractivity contribution in [1.82, 2.24) is 24.6 Å². The van der Waals surface area contributed by atoms with E-state index in [0.717, 1.165) is 42.1 Å². The van der Waals surface area contributed by atoms with Crippen LogP contribution in [0.25, 0.3) is 11.0 Å². The molecular formula is C19H22ClN5. The molecule has 1 atom stereocenters. The van der Waals surface area contributed by atoms with Gasteiger partial charge >= 0.3 is 0 Å². The standard InChI is InChI=1S/C19H22ClN5/c1-13-17-7-8-18(22-19(17)24(2)23-13)14-4-3-9-25(11-14)12-16-6-5-15(20)10-21-16/h5-8,10,14H,3-4,9,11-12H2,1-2H3/t14-/m0/s1. The fourth-order valence-electron chi connectivity index (χ4n) is 3.72. The summed E-state index contributed by atoms with van der Waals surface area (Å²) in [4.78, 5) is 11.8. The highest BCUT2D eigenvalue weighted by atomic mass is 35.5. The van der Waals surface area contributed by atoms with Crippen LogP contribution in [0.5, 0.6) is 0 Å². The number of pyridine rings is 2. The molecule has 0 unspecified atom stereocenters. The molecule has 6 heteroatoms. The Kier molecular flexibility index (Phi) is 4.44. The van der Waals surface area contributed by atoms with E-state index in [-0.39, 0.29) is 0 Å². The van der Waals surface area contributed by atoms with Crippen LogP contribution in [0.15, 0.2) is 30.5 Å². The normalized spacial score (nSPS) is 18.8. The summed E-state index contributed by atoms with van der Waals surface area (Å²) >= 11 is 5.93. The van der Waals surface area contributed by atoms with Crippen LogP contribution >= 0.6 is 11.6 Å². The Balaban J connectivity index is 1.52. The average molecular weight is 356 g/mol. The number of halogens is 1. The predicted octanol–water partition coefficient (Wildman–Crippen LogP) is 3.70. The molecule has 0 aliphatic carbocycles. The van der Waals surface area contributed by atoms with Gasteiger partial charge in [0, 0.05) is 43.3 Å². The minimum absolute atomic E-state index is 0.459. The van der Waals surface area contributed by atoms with Crippen molar-refractivity contribution in [1.29, 1.82) is 0 Å². The van der Waals surface area contributed by atoms with Gasteiger partial charge in [0.05, 0.1) is 16.4 Å². The number of aryl methyl sites for hydroxylation is 2. The third-order valence-electron chi connectivity index (χ3n) is 4.99. The van der Waals surface area contributed by atoms with Crippen LogP contribution in [-0.2, 0) is 13.6 Å². The van der Waals surface area contributed by atoms with Crippen molar-refractivity contribution < 1.29 is 0 Å². The van der Waals surface area contributed by atoms with E-state index in [2.05, 4.69) is 27.1 Å². The summed E-state index contributed by atoms with van der Waals surface area (Å²) in [7, 11) is 1.96. The van der Waals surface area contributed by atoms with Crippen molar-refractivity contribution in [3.63, 3.8) is 0 Å². The molecule has 0 amide bonds. The van der Waals surface area contributed by atoms with Crippen LogP contribution in [0.3, 0.4) is 0 Å². The molecule has 0 radical (unpaired) electrons. The molecule has 0 aromatic carbocycles. The first-order chi connectivity index (χ1) is 12.1. The Hall–Kier alpha value is -1.98. The zero-order valence-corrected chi connectivity index (χ0v) is 15.4. The summed E-state index contributed by atoms with van der Waals surface area (Å²) in [6, 6.07) is 8.26. The maximum absolute atomic E-state index is 5.93. The van der Waals surface area contributed by atoms with E-state index in [0.29, 0.717) is 10.9 Å². The molecule has 130 valence electrons. The molecule has 1 fully saturated rings. The highest BCUT2D eigenvalue weighted by Gasteiger charge is 2.23. The van der Waals surface area contributed by atoms with Gasteiger partial charge in [0.2, 0.25) is 0 Å². The summed E-state index contributed by atoms with van der Waals surface area (Å²) in [5.74, 6) is 0.459. The fourth-order valence-corrected chi connectivity index (χ4v) is 3.83. The molecule has 3 aromatic heterocycles. The van der Waals surface area contributed by atoms with Gasteiger partial charge in [-0.15, -0.1) is 0 Å². The molecule has 0 saturated carbocycles. The molecule has 0 spiro atoms. The van der Waals surface area contributed by atoms with Crippen LogP contribution in [0.1, 0.15) is 35.8 Å². The lowest BCUT2D eigenvalue weighted by molar-refractivity contribution is 0.196. The second-order valence-corrected chi connectivity index (χ2v) is 7.29. The third-order valence-corrected chi connectivity index (χ3v) is 5.21. The van der Waals surface area contributed by atoms with E-state index in [9.17, 15) is 0 Å². The first-order valence-electron chi connectivity index (χ1n) is 8.73. The Morgan fingerprint density at radius 1 is 1.24 bits per heavy atom. The molecule has 4 rings (SSSR count). The monoisotopic (exact) mass is 355 g/mol. The lowest BCUT2D eigenvalue weighted by Crippen LogP contribution is -2.34. The topological polar surface area (TPSA) is 46.8 Å². The van der Waals surface area contributed by atoms with E-state index in [1.165, 1.54) is 18.5 Å². The second kappa shape index (κ2) is 6.73. The molecule has 5 nitrogen and oxygen atoms in total. The first-order valence-corrected chi connectivity index (χ1v) is 9.11. The zero-order valence-electron chi connectivity index (χ0n) is 14.6. The summed E-state index contributed by atoms with van der Waals surface area (Å²) in [5, 5.41) is 6.31. The van der Waals surface area contributed by atoms with Gasteiger partial charge in [0.15, 0.2) is 5.65 Å². The minimum Gasteiger partial charge on any atom is -0.297 e. The summed E-state index contributed by atoms with van der Waals surface area (Å²) in [6.45, 7) is 5.01. The Labute approximate surface area is 152 Å². The number of nitrogens with zero attached hydrogens (tertiary/aromatic N) is 5. The van der Waals surface area contributed by atoms with Gasteiger partial charge in [-0.2, -0.15) is 5.10 Å². The number of piperidine rings is 1. The van der Waals surface area contributed by atoms with Crippen LogP contribution in [0.4, 0.5) is 0 Å². The zero-order chi connectivity index (χ0) is 17.4. The van der Waals surface area contributed by atoms with E-state index in [1.807, 2.05) is 30.8 Å². The number of likely N-dealkylation sites (tertiary alicyclic amines) is 1. The quantitative estimate of drug-likeness (QED) is 0.718. The number of rotatable bonds is 3. The van der Waals surface area contributed by atoms with Gasteiger partial charge in [0.1, 0.15) is 0 Å². The van der Waals surface area contributed by atoms with Crippen molar-refractivity contribution in [2.45, 2.75) is 32.2 Å². The first kappa shape index (κ1) is 16.5. The maximum Gasteiger partial charge on any atom is 0.158 e. The Bertz CT molecular complexity index is 887. The molecule has 3 aromatic rings. The minimum atomic E-state index is 0.459. The van der Waals surface area contributed by atoms with Crippen molar-refractivity contribution >= 4 is 22.6 Å². The van der Waals surface area contributed by atoms with E-state index in [1.54, 1.807) is 6.20 Å². The molecule has 1 saturated heterocycles. The lowest BCUT2D eigenvalue weighted by atomic mass is 9.94. The van der Waals surface area contributed by atoms with Crippen molar-refractivity contribution in [3.8, 4) is 0 Å². The summed E-state index contributed by atoms with van der Waals surface area (Å²) in [5.41, 5.74) is 4.25. The largest absolute Gasteiger partial charge is 0.297 e. The summed E-state index contributed by atoms with van der Waals surface area (Å²) in [6.07, 6.45) is 4.08. The second-order valence-electron chi connectivity index (χ2n) is 6.86. The molecule has 0 N–H and O–H groups in total. The van der Waals surface area contributed by atoms with Crippen molar-refractivity contribution in [2.75, 3.05) is 13.1 Å². The lowest BCUT2D eigenvalue weighted by Gasteiger charge is -2.32.